The van der Waals surface area contributed by atoms with Gasteiger partial charge in [-0.25, -0.2) is 4.79 Å². The Morgan fingerprint density at radius 2 is 1.83 bits per heavy atom. The maximum Gasteiger partial charge on any atom is 0.336 e. The van der Waals surface area contributed by atoms with Crippen LogP contribution in [0.2, 0.25) is 0 Å². The number of rotatable bonds is 6. The normalized spacial score (nSPS) is 19.2. The number of carboxylic acid groups (broad SMARTS) is 1. The summed E-state index contributed by atoms with van der Waals surface area (Å²) in [4.78, 5) is 11.1. The molecule has 0 spiro atoms. The summed E-state index contributed by atoms with van der Waals surface area (Å²) in [5, 5.41) is 12.7. The van der Waals surface area contributed by atoms with E-state index in [2.05, 4.69) is 5.32 Å². The van der Waals surface area contributed by atoms with Crippen molar-refractivity contribution >= 4 is 5.97 Å². The summed E-state index contributed by atoms with van der Waals surface area (Å²) in [7, 11) is 0. The highest BCUT2D eigenvalue weighted by atomic mass is 16.4. The molecule has 0 bridgehead atoms. The van der Waals surface area contributed by atoms with Crippen molar-refractivity contribution in [2.75, 3.05) is 0 Å². The van der Waals surface area contributed by atoms with Gasteiger partial charge in [0.1, 0.15) is 0 Å². The fourth-order valence-corrected chi connectivity index (χ4v) is 2.74. The minimum Gasteiger partial charge on any atom is -0.478 e. The Balaban J connectivity index is 1.66. The third kappa shape index (κ3) is 2.56. The number of hydrogen-bond donors (Lipinski definition) is 2. The summed E-state index contributed by atoms with van der Waals surface area (Å²) in [5.74, 6) is 0.853. The zero-order chi connectivity index (χ0) is 12.5. The van der Waals surface area contributed by atoms with Gasteiger partial charge in [0.15, 0.2) is 0 Å². The molecule has 2 aliphatic rings. The predicted molar refractivity (Wildman–Crippen MR) is 69.5 cm³/mol. The average molecular weight is 245 g/mol. The number of nitrogens with one attached hydrogen (secondary N) is 1. The molecule has 2 saturated carbocycles. The Morgan fingerprint density at radius 1 is 1.22 bits per heavy atom. The zero-order valence-electron chi connectivity index (χ0n) is 10.4. The van der Waals surface area contributed by atoms with Gasteiger partial charge in [0.05, 0.1) is 5.56 Å². The molecule has 3 nitrogen and oxygen atoms in total. The molecule has 18 heavy (non-hydrogen) atoms. The largest absolute Gasteiger partial charge is 0.478 e. The van der Waals surface area contributed by atoms with Gasteiger partial charge in [-0.05, 0) is 49.1 Å². The maximum atomic E-state index is 11.1. The molecule has 2 N–H and O–H groups in total. The van der Waals surface area contributed by atoms with Crippen LogP contribution < -0.4 is 5.32 Å². The van der Waals surface area contributed by atoms with Gasteiger partial charge in [-0.3, -0.25) is 0 Å². The first-order chi connectivity index (χ1) is 8.75. The molecule has 0 amide bonds. The van der Waals surface area contributed by atoms with Crippen LogP contribution in [0, 0.1) is 11.8 Å². The van der Waals surface area contributed by atoms with Crippen molar-refractivity contribution in [3.05, 3.63) is 35.4 Å². The van der Waals surface area contributed by atoms with E-state index in [0.717, 1.165) is 17.4 Å². The fraction of sp³-hybridized carbons (Fsp3) is 0.533. The van der Waals surface area contributed by atoms with Crippen molar-refractivity contribution in [2.24, 2.45) is 11.8 Å². The lowest BCUT2D eigenvalue weighted by Gasteiger charge is -2.18. The van der Waals surface area contributed by atoms with E-state index in [1.54, 1.807) is 12.1 Å². The van der Waals surface area contributed by atoms with E-state index in [1.165, 1.54) is 25.7 Å². The van der Waals surface area contributed by atoms with Gasteiger partial charge in [0, 0.05) is 12.6 Å². The van der Waals surface area contributed by atoms with Crippen LogP contribution in [0.25, 0.3) is 0 Å². The molecule has 96 valence electrons. The van der Waals surface area contributed by atoms with Gasteiger partial charge < -0.3 is 10.4 Å². The molecule has 3 rings (SSSR count). The van der Waals surface area contributed by atoms with Crippen LogP contribution in [0.3, 0.4) is 0 Å². The highest BCUT2D eigenvalue weighted by molar-refractivity contribution is 5.89. The summed E-state index contributed by atoms with van der Waals surface area (Å²) in [6.07, 6.45) is 5.37. The fourth-order valence-electron chi connectivity index (χ4n) is 2.74. The Morgan fingerprint density at radius 3 is 2.39 bits per heavy atom. The monoisotopic (exact) mass is 245 g/mol. The van der Waals surface area contributed by atoms with Crippen LogP contribution >= 0.6 is 0 Å². The second-order valence-electron chi connectivity index (χ2n) is 5.54. The van der Waals surface area contributed by atoms with E-state index in [0.29, 0.717) is 18.2 Å². The molecule has 0 atom stereocenters. The standard InChI is InChI=1S/C15H19NO2/c17-15(18)13-4-2-1-3-12(13)9-16-14(10-5-6-10)11-7-8-11/h1-4,10-11,14,16H,5-9H2,(H,17,18). The lowest BCUT2D eigenvalue weighted by atomic mass is 10.0. The SMILES string of the molecule is O=C(O)c1ccccc1CNC(C1CC1)C1CC1. The number of aromatic carboxylic acids is 1. The van der Waals surface area contributed by atoms with E-state index in [9.17, 15) is 4.79 Å². The van der Waals surface area contributed by atoms with Crippen LogP contribution in [0.1, 0.15) is 41.6 Å². The van der Waals surface area contributed by atoms with Crippen molar-refractivity contribution in [1.82, 2.24) is 5.32 Å². The Kier molecular flexibility index (Phi) is 3.08. The van der Waals surface area contributed by atoms with Crippen molar-refractivity contribution < 1.29 is 9.90 Å². The van der Waals surface area contributed by atoms with Gasteiger partial charge in [0.2, 0.25) is 0 Å². The predicted octanol–water partition coefficient (Wildman–Crippen LogP) is 2.66. The summed E-state index contributed by atoms with van der Waals surface area (Å²) < 4.78 is 0. The molecule has 0 unspecified atom stereocenters. The smallest absolute Gasteiger partial charge is 0.336 e. The molecule has 1 aromatic carbocycles. The number of hydrogen-bond acceptors (Lipinski definition) is 2. The summed E-state index contributed by atoms with van der Waals surface area (Å²) in [5.41, 5.74) is 1.33. The third-order valence-corrected chi connectivity index (χ3v) is 4.04. The quantitative estimate of drug-likeness (QED) is 0.810. The van der Waals surface area contributed by atoms with Crippen LogP contribution in [-0.4, -0.2) is 17.1 Å². The van der Waals surface area contributed by atoms with E-state index < -0.39 is 5.97 Å². The first kappa shape index (κ1) is 11.7. The lowest BCUT2D eigenvalue weighted by molar-refractivity contribution is 0.0695. The molecular formula is C15H19NO2. The molecule has 1 aromatic rings. The molecule has 0 aliphatic heterocycles. The molecule has 0 heterocycles. The van der Waals surface area contributed by atoms with Crippen LogP contribution in [0.4, 0.5) is 0 Å². The van der Waals surface area contributed by atoms with E-state index in [4.69, 9.17) is 5.11 Å². The van der Waals surface area contributed by atoms with Crippen molar-refractivity contribution in [2.45, 2.75) is 38.3 Å². The highest BCUT2D eigenvalue weighted by Crippen LogP contribution is 2.44. The molecule has 2 fully saturated rings. The van der Waals surface area contributed by atoms with Gasteiger partial charge in [-0.15, -0.1) is 0 Å². The molecule has 0 saturated heterocycles. The van der Waals surface area contributed by atoms with Crippen molar-refractivity contribution in [3.8, 4) is 0 Å². The van der Waals surface area contributed by atoms with Crippen LogP contribution in [0.5, 0.6) is 0 Å². The average Bonchev–Trinajstić information content (AvgIpc) is 3.24. The van der Waals surface area contributed by atoms with E-state index in [1.807, 2.05) is 12.1 Å². The van der Waals surface area contributed by atoms with E-state index in [-0.39, 0.29) is 0 Å². The van der Waals surface area contributed by atoms with Gasteiger partial charge >= 0.3 is 5.97 Å². The summed E-state index contributed by atoms with van der Waals surface area (Å²) in [6.45, 7) is 0.681. The second-order valence-corrected chi connectivity index (χ2v) is 5.54. The molecule has 0 radical (unpaired) electrons. The molecular weight excluding hydrogens is 226 g/mol. The van der Waals surface area contributed by atoms with Crippen molar-refractivity contribution in [3.63, 3.8) is 0 Å². The van der Waals surface area contributed by atoms with Crippen LogP contribution in [-0.2, 0) is 6.54 Å². The Hall–Kier alpha value is -1.35. The van der Waals surface area contributed by atoms with Gasteiger partial charge in [-0.2, -0.15) is 0 Å². The lowest BCUT2D eigenvalue weighted by Crippen LogP contribution is -2.33. The molecule has 3 heteroatoms. The van der Waals surface area contributed by atoms with Gasteiger partial charge in [0.25, 0.3) is 0 Å². The number of carbonyl (C=O) groups is 1. The Labute approximate surface area is 107 Å². The summed E-state index contributed by atoms with van der Waals surface area (Å²) >= 11 is 0. The first-order valence-corrected chi connectivity index (χ1v) is 6.80. The van der Waals surface area contributed by atoms with E-state index >= 15 is 0 Å². The highest BCUT2D eigenvalue weighted by Gasteiger charge is 2.40. The second kappa shape index (κ2) is 4.73. The third-order valence-electron chi connectivity index (χ3n) is 4.04. The van der Waals surface area contributed by atoms with Crippen LogP contribution in [0.15, 0.2) is 24.3 Å². The zero-order valence-corrected chi connectivity index (χ0v) is 10.4. The first-order valence-electron chi connectivity index (χ1n) is 6.80. The van der Waals surface area contributed by atoms with Gasteiger partial charge in [-0.1, -0.05) is 18.2 Å². The minimum atomic E-state index is -0.832. The van der Waals surface area contributed by atoms with Crippen molar-refractivity contribution in [1.29, 1.82) is 0 Å². The maximum absolute atomic E-state index is 11.1. The number of benzene rings is 1. The molecule has 0 aromatic heterocycles. The topological polar surface area (TPSA) is 49.3 Å². The summed E-state index contributed by atoms with van der Waals surface area (Å²) in [6, 6.07) is 7.90. The molecule has 2 aliphatic carbocycles. The minimum absolute atomic E-state index is 0.426. The Bertz CT molecular complexity index is 438. The number of carboxylic acids is 1.